The second kappa shape index (κ2) is 5.95. The first-order valence-electron chi connectivity index (χ1n) is 5.22. The van der Waals surface area contributed by atoms with Crippen molar-refractivity contribution in [1.29, 1.82) is 0 Å². The van der Waals surface area contributed by atoms with Crippen LogP contribution in [0, 0.1) is 4.91 Å². The molecule has 5 heteroatoms. The molecule has 0 saturated heterocycles. The Morgan fingerprint density at radius 1 is 1.44 bits per heavy atom. The molecule has 0 aliphatic carbocycles. The minimum Gasteiger partial charge on any atom is -0.466 e. The van der Waals surface area contributed by atoms with Crippen molar-refractivity contribution in [1.82, 2.24) is 4.98 Å². The van der Waals surface area contributed by atoms with Crippen molar-refractivity contribution in [3.8, 4) is 0 Å². The minimum atomic E-state index is -0.286. The van der Waals surface area contributed by atoms with Gasteiger partial charge in [-0.1, -0.05) is 4.91 Å². The van der Waals surface area contributed by atoms with Crippen LogP contribution in [0.25, 0.3) is 0 Å². The van der Waals surface area contributed by atoms with Crippen molar-refractivity contribution < 1.29 is 14.3 Å². The Hall–Kier alpha value is -1.78. The maximum atomic E-state index is 11.2. The number of rotatable bonds is 5. The standard InChI is InChI=1S/C11H15N2O3/c1-3-13(15)10-6-5-9(8-12-10)7-11(14)16-4-2/h5-6,8H,3-4,7H2,1-2H3/q+1. The highest BCUT2D eigenvalue weighted by atomic mass is 16.5. The maximum absolute atomic E-state index is 11.2. The van der Waals surface area contributed by atoms with Gasteiger partial charge in [-0.2, -0.15) is 0 Å². The fourth-order valence-electron chi connectivity index (χ4n) is 1.21. The number of esters is 1. The molecule has 86 valence electrons. The average Bonchev–Trinajstić information content (AvgIpc) is 2.29. The molecule has 0 fully saturated rings. The number of hydrogen-bond acceptors (Lipinski definition) is 4. The lowest BCUT2D eigenvalue weighted by Gasteiger charge is -1.99. The third-order valence-corrected chi connectivity index (χ3v) is 2.01. The van der Waals surface area contributed by atoms with Crippen molar-refractivity contribution in [3.05, 3.63) is 28.8 Å². The average molecular weight is 223 g/mol. The first kappa shape index (κ1) is 12.3. The summed E-state index contributed by atoms with van der Waals surface area (Å²) in [6.07, 6.45) is 1.71. The monoisotopic (exact) mass is 223 g/mol. The van der Waals surface area contributed by atoms with E-state index in [0.717, 1.165) is 10.3 Å². The molecule has 0 amide bonds. The van der Waals surface area contributed by atoms with Gasteiger partial charge >= 0.3 is 11.8 Å². The van der Waals surface area contributed by atoms with Crippen LogP contribution in [-0.2, 0) is 16.0 Å². The van der Waals surface area contributed by atoms with E-state index in [1.165, 1.54) is 6.20 Å². The Morgan fingerprint density at radius 2 is 2.19 bits per heavy atom. The van der Waals surface area contributed by atoms with Gasteiger partial charge in [0.25, 0.3) is 0 Å². The van der Waals surface area contributed by atoms with Crippen molar-refractivity contribution in [2.45, 2.75) is 20.3 Å². The van der Waals surface area contributed by atoms with Gasteiger partial charge in [0.1, 0.15) is 12.7 Å². The van der Waals surface area contributed by atoms with Gasteiger partial charge in [-0.3, -0.25) is 4.79 Å². The van der Waals surface area contributed by atoms with Crippen molar-refractivity contribution >= 4 is 11.8 Å². The molecule has 1 aromatic rings. The number of aromatic nitrogens is 1. The molecule has 1 rings (SSSR count). The van der Waals surface area contributed by atoms with Gasteiger partial charge in [0.05, 0.1) is 13.0 Å². The molecule has 0 saturated carbocycles. The summed E-state index contributed by atoms with van der Waals surface area (Å²) in [4.78, 5) is 26.3. The lowest BCUT2D eigenvalue weighted by molar-refractivity contribution is -0.462. The van der Waals surface area contributed by atoms with E-state index in [0.29, 0.717) is 19.0 Å². The zero-order valence-electron chi connectivity index (χ0n) is 9.47. The van der Waals surface area contributed by atoms with E-state index >= 15 is 0 Å². The van der Waals surface area contributed by atoms with Crippen LogP contribution in [0.15, 0.2) is 18.3 Å². The summed E-state index contributed by atoms with van der Waals surface area (Å²) in [7, 11) is 0. The van der Waals surface area contributed by atoms with E-state index in [9.17, 15) is 9.70 Å². The van der Waals surface area contributed by atoms with E-state index in [1.54, 1.807) is 26.0 Å². The fourth-order valence-corrected chi connectivity index (χ4v) is 1.21. The van der Waals surface area contributed by atoms with Crippen molar-refractivity contribution in [2.75, 3.05) is 13.2 Å². The molecular weight excluding hydrogens is 208 g/mol. The zero-order valence-corrected chi connectivity index (χ0v) is 9.47. The largest absolute Gasteiger partial charge is 0.466 e. The number of carbonyl (C=O) groups is 1. The summed E-state index contributed by atoms with van der Waals surface area (Å²) in [5.41, 5.74) is 0.742. The zero-order chi connectivity index (χ0) is 12.0. The highest BCUT2D eigenvalue weighted by Crippen LogP contribution is 2.08. The van der Waals surface area contributed by atoms with Crippen LogP contribution < -0.4 is 0 Å². The van der Waals surface area contributed by atoms with Gasteiger partial charge in [0.15, 0.2) is 0 Å². The fraction of sp³-hybridized carbons (Fsp3) is 0.455. The van der Waals surface area contributed by atoms with Crippen LogP contribution in [0.4, 0.5) is 5.82 Å². The molecule has 0 bridgehead atoms. The Kier molecular flexibility index (Phi) is 4.57. The Bertz CT molecular complexity index is 373. The van der Waals surface area contributed by atoms with Crippen LogP contribution >= 0.6 is 0 Å². The molecule has 16 heavy (non-hydrogen) atoms. The second-order valence-electron chi connectivity index (χ2n) is 3.20. The topological polar surface area (TPSA) is 59.3 Å². The number of nitroso groups, excluding NO2 is 1. The Balaban J connectivity index is 2.64. The first-order valence-corrected chi connectivity index (χ1v) is 5.22. The van der Waals surface area contributed by atoms with Crippen LogP contribution in [0.2, 0.25) is 0 Å². The smallest absolute Gasteiger partial charge is 0.360 e. The van der Waals surface area contributed by atoms with Gasteiger partial charge in [-0.25, -0.2) is 0 Å². The third kappa shape index (κ3) is 3.42. The van der Waals surface area contributed by atoms with Gasteiger partial charge < -0.3 is 4.74 Å². The van der Waals surface area contributed by atoms with E-state index < -0.39 is 0 Å². The molecule has 1 heterocycles. The van der Waals surface area contributed by atoms with Crippen molar-refractivity contribution in [2.24, 2.45) is 0 Å². The number of nitrogens with zero attached hydrogens (tertiary/aromatic N) is 2. The summed E-state index contributed by atoms with van der Waals surface area (Å²) >= 11 is 0. The SMILES string of the molecule is CCOC(=O)Cc1ccc([N+](=O)CC)nc1. The van der Waals surface area contributed by atoms with Gasteiger partial charge in [0, 0.05) is 11.6 Å². The number of hydrogen-bond donors (Lipinski definition) is 0. The predicted molar refractivity (Wildman–Crippen MR) is 58.4 cm³/mol. The lowest BCUT2D eigenvalue weighted by atomic mass is 10.2. The number of ether oxygens (including phenoxy) is 1. The molecule has 1 aromatic heterocycles. The van der Waals surface area contributed by atoms with Gasteiger partial charge in [0.2, 0.25) is 0 Å². The normalized spacial score (nSPS) is 9.88. The molecule has 0 aromatic carbocycles. The molecule has 5 nitrogen and oxygen atoms in total. The maximum Gasteiger partial charge on any atom is 0.360 e. The molecule has 0 N–H and O–H groups in total. The molecular formula is C11H15N2O3+. The van der Waals surface area contributed by atoms with Crippen LogP contribution in [0.1, 0.15) is 19.4 Å². The predicted octanol–water partition coefficient (Wildman–Crippen LogP) is 1.62. The highest BCUT2D eigenvalue weighted by Gasteiger charge is 2.12. The number of carbonyl (C=O) groups excluding carboxylic acids is 1. The van der Waals surface area contributed by atoms with Crippen LogP contribution in [-0.4, -0.2) is 28.9 Å². The van der Waals surface area contributed by atoms with Crippen LogP contribution in [0.5, 0.6) is 0 Å². The van der Waals surface area contributed by atoms with Gasteiger partial charge in [-0.15, -0.1) is 0 Å². The summed E-state index contributed by atoms with van der Waals surface area (Å²) in [6, 6.07) is 3.31. The van der Waals surface area contributed by atoms with Gasteiger partial charge in [-0.05, 0) is 29.7 Å². The summed E-state index contributed by atoms with van der Waals surface area (Å²) in [5, 5.41) is 0. The molecule has 0 aliphatic heterocycles. The van der Waals surface area contributed by atoms with E-state index in [2.05, 4.69) is 4.98 Å². The summed E-state index contributed by atoms with van der Waals surface area (Å²) in [6.45, 7) is 4.23. The quantitative estimate of drug-likeness (QED) is 0.562. The summed E-state index contributed by atoms with van der Waals surface area (Å²) < 4.78 is 5.59. The molecule has 0 aliphatic rings. The second-order valence-corrected chi connectivity index (χ2v) is 3.20. The third-order valence-electron chi connectivity index (χ3n) is 2.01. The molecule has 0 radical (unpaired) electrons. The number of pyridine rings is 1. The van der Waals surface area contributed by atoms with Crippen molar-refractivity contribution in [3.63, 3.8) is 0 Å². The lowest BCUT2D eigenvalue weighted by Crippen LogP contribution is -2.08. The molecule has 0 atom stereocenters. The Morgan fingerprint density at radius 3 is 2.69 bits per heavy atom. The van der Waals surface area contributed by atoms with Crippen LogP contribution in [0.3, 0.4) is 0 Å². The molecule has 0 spiro atoms. The summed E-state index contributed by atoms with van der Waals surface area (Å²) in [5.74, 6) is 0.0710. The highest BCUT2D eigenvalue weighted by molar-refractivity contribution is 5.72. The Labute approximate surface area is 94.0 Å². The minimum absolute atomic E-state index is 0.187. The first-order chi connectivity index (χ1) is 7.67. The molecule has 0 unspecified atom stereocenters. The van der Waals surface area contributed by atoms with E-state index in [4.69, 9.17) is 4.74 Å². The van der Waals surface area contributed by atoms with E-state index in [-0.39, 0.29) is 12.4 Å². The van der Waals surface area contributed by atoms with E-state index in [1.807, 2.05) is 0 Å².